The van der Waals surface area contributed by atoms with E-state index in [1.165, 1.54) is 0 Å². The number of carboxylic acid groups (broad SMARTS) is 1. The lowest BCUT2D eigenvalue weighted by Crippen LogP contribution is -2.24. The van der Waals surface area contributed by atoms with Crippen LogP contribution in [0, 0.1) is 12.8 Å². The lowest BCUT2D eigenvalue weighted by molar-refractivity contribution is -0.137. The van der Waals surface area contributed by atoms with Crippen LogP contribution in [0.1, 0.15) is 34.3 Å². The lowest BCUT2D eigenvalue weighted by atomic mass is 9.80. The minimum atomic E-state index is -0.940. The van der Waals surface area contributed by atoms with Gasteiger partial charge in [0.2, 0.25) is 0 Å². The summed E-state index contributed by atoms with van der Waals surface area (Å²) in [5.41, 5.74) is 5.99. The number of Topliss-reactive ketones (excluding diaryl/α,β-unsaturated/α-hetero) is 1. The van der Waals surface area contributed by atoms with Crippen molar-refractivity contribution in [2.45, 2.75) is 26.2 Å². The first kappa shape index (κ1) is 21.3. The number of amides is 2. The molecular formula is C26H24N2O4. The molecular weight excluding hydrogens is 404 g/mol. The molecule has 6 nitrogen and oxygen atoms in total. The van der Waals surface area contributed by atoms with Crippen molar-refractivity contribution in [1.29, 1.82) is 0 Å². The number of nitrogens with one attached hydrogen (secondary N) is 2. The summed E-state index contributed by atoms with van der Waals surface area (Å²) in [6.45, 7) is 1.97. The number of anilines is 2. The van der Waals surface area contributed by atoms with Gasteiger partial charge in [-0.05, 0) is 66.3 Å². The van der Waals surface area contributed by atoms with Gasteiger partial charge < -0.3 is 15.7 Å². The maximum atomic E-state index is 12.6. The zero-order valence-corrected chi connectivity index (χ0v) is 17.7. The number of aryl methyl sites for hydroxylation is 2. The molecule has 0 aromatic heterocycles. The molecule has 4 rings (SSSR count). The summed E-state index contributed by atoms with van der Waals surface area (Å²) in [5, 5.41) is 14.6. The second-order valence-electron chi connectivity index (χ2n) is 8.10. The van der Waals surface area contributed by atoms with Gasteiger partial charge in [0.1, 0.15) is 0 Å². The van der Waals surface area contributed by atoms with Crippen molar-refractivity contribution in [2.75, 3.05) is 10.6 Å². The van der Waals surface area contributed by atoms with Crippen LogP contribution in [0.25, 0.3) is 11.1 Å². The molecule has 0 bridgehead atoms. The third kappa shape index (κ3) is 4.86. The number of urea groups is 1. The molecule has 1 atom stereocenters. The predicted molar refractivity (Wildman–Crippen MR) is 124 cm³/mol. The molecule has 0 heterocycles. The van der Waals surface area contributed by atoms with Crippen LogP contribution in [-0.2, 0) is 11.2 Å². The number of ketones is 1. The molecule has 0 saturated carbocycles. The highest BCUT2D eigenvalue weighted by Gasteiger charge is 2.29. The average Bonchev–Trinajstić information content (AvgIpc) is 2.76. The van der Waals surface area contributed by atoms with Gasteiger partial charge in [0.25, 0.3) is 0 Å². The van der Waals surface area contributed by atoms with Gasteiger partial charge >= 0.3 is 12.0 Å². The van der Waals surface area contributed by atoms with Gasteiger partial charge in [-0.1, -0.05) is 42.5 Å². The van der Waals surface area contributed by atoms with Crippen LogP contribution < -0.4 is 10.6 Å². The number of fused-ring (bicyclic) bond motifs is 1. The SMILES string of the molecule is Cc1cccc(NC(=O)Nc2ccc(-c3ccc4c(c3)CCC(CC(=O)O)C4=O)cc2)c1. The summed E-state index contributed by atoms with van der Waals surface area (Å²) >= 11 is 0. The summed E-state index contributed by atoms with van der Waals surface area (Å²) in [5.74, 6) is -1.47. The van der Waals surface area contributed by atoms with Gasteiger partial charge in [0.15, 0.2) is 5.78 Å². The normalized spacial score (nSPS) is 15.0. The monoisotopic (exact) mass is 428 g/mol. The number of carbonyl (C=O) groups is 3. The zero-order valence-electron chi connectivity index (χ0n) is 17.7. The highest BCUT2D eigenvalue weighted by molar-refractivity contribution is 6.02. The van der Waals surface area contributed by atoms with Crippen molar-refractivity contribution in [1.82, 2.24) is 0 Å². The van der Waals surface area contributed by atoms with E-state index in [-0.39, 0.29) is 18.2 Å². The van der Waals surface area contributed by atoms with Crippen LogP contribution in [0.2, 0.25) is 0 Å². The number of aliphatic carboxylic acids is 1. The Labute approximate surface area is 186 Å². The Hall–Kier alpha value is -3.93. The number of hydrogen-bond acceptors (Lipinski definition) is 3. The highest BCUT2D eigenvalue weighted by Crippen LogP contribution is 2.31. The fraction of sp³-hybridized carbons (Fsp3) is 0.192. The van der Waals surface area contributed by atoms with Crippen LogP contribution in [0.5, 0.6) is 0 Å². The van der Waals surface area contributed by atoms with Gasteiger partial charge in [0.05, 0.1) is 6.42 Å². The van der Waals surface area contributed by atoms with E-state index in [0.717, 1.165) is 27.9 Å². The van der Waals surface area contributed by atoms with Crippen molar-refractivity contribution >= 4 is 29.2 Å². The molecule has 0 spiro atoms. The molecule has 0 fully saturated rings. The molecule has 0 saturated heterocycles. The van der Waals surface area contributed by atoms with Crippen molar-refractivity contribution < 1.29 is 19.5 Å². The fourth-order valence-electron chi connectivity index (χ4n) is 4.07. The molecule has 6 heteroatoms. The minimum absolute atomic E-state index is 0.0839. The van der Waals surface area contributed by atoms with E-state index in [9.17, 15) is 14.4 Å². The number of carbonyl (C=O) groups excluding carboxylic acids is 2. The average molecular weight is 428 g/mol. The highest BCUT2D eigenvalue weighted by atomic mass is 16.4. The van der Waals surface area contributed by atoms with Gasteiger partial charge in [-0.2, -0.15) is 0 Å². The quantitative estimate of drug-likeness (QED) is 0.498. The molecule has 0 radical (unpaired) electrons. The van der Waals surface area contributed by atoms with E-state index < -0.39 is 11.9 Å². The Bertz CT molecular complexity index is 1180. The first-order valence-corrected chi connectivity index (χ1v) is 10.5. The van der Waals surface area contributed by atoms with Gasteiger partial charge in [-0.3, -0.25) is 9.59 Å². The third-order valence-electron chi connectivity index (χ3n) is 5.68. The second kappa shape index (κ2) is 9.06. The van der Waals surface area contributed by atoms with Crippen molar-refractivity contribution in [3.8, 4) is 11.1 Å². The summed E-state index contributed by atoms with van der Waals surface area (Å²) < 4.78 is 0. The van der Waals surface area contributed by atoms with E-state index >= 15 is 0 Å². The van der Waals surface area contributed by atoms with Crippen molar-refractivity contribution in [2.24, 2.45) is 5.92 Å². The van der Waals surface area contributed by atoms with Crippen LogP contribution in [0.4, 0.5) is 16.2 Å². The first-order chi connectivity index (χ1) is 15.4. The topological polar surface area (TPSA) is 95.5 Å². The maximum Gasteiger partial charge on any atom is 0.323 e. The third-order valence-corrected chi connectivity index (χ3v) is 5.68. The molecule has 3 aromatic rings. The molecule has 3 N–H and O–H groups in total. The van der Waals surface area contributed by atoms with Crippen molar-refractivity contribution in [3.05, 3.63) is 83.4 Å². The maximum absolute atomic E-state index is 12.6. The first-order valence-electron chi connectivity index (χ1n) is 10.5. The smallest absolute Gasteiger partial charge is 0.323 e. The molecule has 1 unspecified atom stereocenters. The lowest BCUT2D eigenvalue weighted by Gasteiger charge is -2.22. The Balaban J connectivity index is 1.44. The van der Waals surface area contributed by atoms with Crippen LogP contribution in [-0.4, -0.2) is 22.9 Å². The number of carboxylic acids is 1. The fourth-order valence-corrected chi connectivity index (χ4v) is 4.07. The molecule has 1 aliphatic carbocycles. The molecule has 162 valence electrons. The zero-order chi connectivity index (χ0) is 22.7. The molecule has 2 amide bonds. The van der Waals surface area contributed by atoms with Crippen molar-refractivity contribution in [3.63, 3.8) is 0 Å². The standard InChI is InChI=1S/C26H24N2O4/c1-16-3-2-4-22(13-16)28-26(32)27-21-10-7-17(8-11-21)18-9-12-23-19(14-18)5-6-20(25(23)31)15-24(29)30/h2-4,7-14,20H,5-6,15H2,1H3,(H,29,30)(H2,27,28,32). The number of rotatable bonds is 5. The minimum Gasteiger partial charge on any atom is -0.481 e. The van der Waals surface area contributed by atoms with E-state index in [2.05, 4.69) is 10.6 Å². The summed E-state index contributed by atoms with van der Waals surface area (Å²) in [6.07, 6.45) is 1.12. The summed E-state index contributed by atoms with van der Waals surface area (Å²) in [4.78, 5) is 35.8. The van der Waals surface area contributed by atoms with Crippen LogP contribution in [0.15, 0.2) is 66.7 Å². The molecule has 0 aliphatic heterocycles. The van der Waals surface area contributed by atoms with Crippen LogP contribution >= 0.6 is 0 Å². The van der Waals surface area contributed by atoms with Gasteiger partial charge in [-0.25, -0.2) is 4.79 Å². The molecule has 3 aromatic carbocycles. The molecule has 32 heavy (non-hydrogen) atoms. The summed E-state index contributed by atoms with van der Waals surface area (Å²) in [7, 11) is 0. The Morgan fingerprint density at radius 1 is 0.938 bits per heavy atom. The summed E-state index contributed by atoms with van der Waals surface area (Å²) in [6, 6.07) is 20.4. The van der Waals surface area contributed by atoms with E-state index in [4.69, 9.17) is 5.11 Å². The number of benzene rings is 3. The van der Waals surface area contributed by atoms with E-state index in [0.29, 0.717) is 24.1 Å². The second-order valence-corrected chi connectivity index (χ2v) is 8.10. The van der Waals surface area contributed by atoms with E-state index in [1.807, 2.05) is 67.6 Å². The predicted octanol–water partition coefficient (Wildman–Crippen LogP) is 5.53. The van der Waals surface area contributed by atoms with Gasteiger partial charge in [-0.15, -0.1) is 0 Å². The number of hydrogen-bond donors (Lipinski definition) is 3. The Morgan fingerprint density at radius 2 is 1.66 bits per heavy atom. The Kier molecular flexibility index (Phi) is 6.03. The van der Waals surface area contributed by atoms with Crippen LogP contribution in [0.3, 0.4) is 0 Å². The molecule has 1 aliphatic rings. The van der Waals surface area contributed by atoms with Gasteiger partial charge in [0, 0.05) is 22.9 Å². The van der Waals surface area contributed by atoms with E-state index in [1.54, 1.807) is 6.07 Å². The largest absolute Gasteiger partial charge is 0.481 e. The Morgan fingerprint density at radius 3 is 2.38 bits per heavy atom.